The molecule has 2 rings (SSSR count). The van der Waals surface area contributed by atoms with Crippen molar-refractivity contribution in [1.29, 1.82) is 0 Å². The average molecular weight is 318 g/mol. The maximum atomic E-state index is 12.1. The highest BCUT2D eigenvalue weighted by Crippen LogP contribution is 2.34. The number of ether oxygens (including phenoxy) is 1. The van der Waals surface area contributed by atoms with Gasteiger partial charge in [-0.15, -0.1) is 0 Å². The maximum Gasteiger partial charge on any atom is 0.407 e. The van der Waals surface area contributed by atoms with Gasteiger partial charge in [-0.3, -0.25) is 4.79 Å². The predicted molar refractivity (Wildman–Crippen MR) is 88.8 cm³/mol. The van der Waals surface area contributed by atoms with E-state index in [9.17, 15) is 9.59 Å². The Bertz CT molecular complexity index is 514. The van der Waals surface area contributed by atoms with E-state index in [1.165, 1.54) is 12.8 Å². The molecular weight excluding hydrogens is 292 g/mol. The summed E-state index contributed by atoms with van der Waals surface area (Å²) in [5.74, 6) is 0.818. The van der Waals surface area contributed by atoms with Crippen molar-refractivity contribution in [3.63, 3.8) is 0 Å². The first-order chi connectivity index (χ1) is 11.1. The van der Waals surface area contributed by atoms with Crippen LogP contribution in [0.4, 0.5) is 4.79 Å². The number of carbonyl (C=O) groups excluding carboxylic acids is 2. The first-order valence-corrected chi connectivity index (χ1v) is 8.28. The summed E-state index contributed by atoms with van der Waals surface area (Å²) < 4.78 is 5.12. The summed E-state index contributed by atoms with van der Waals surface area (Å²) in [5.41, 5.74) is 0.952. The number of alkyl carbamates (subject to hydrolysis) is 1. The average Bonchev–Trinajstić information content (AvgIpc) is 3.41. The Morgan fingerprint density at radius 2 is 2.00 bits per heavy atom. The Balaban J connectivity index is 1.55. The van der Waals surface area contributed by atoms with E-state index < -0.39 is 6.09 Å². The van der Waals surface area contributed by atoms with Gasteiger partial charge in [0.05, 0.1) is 0 Å². The molecule has 0 heterocycles. The summed E-state index contributed by atoms with van der Waals surface area (Å²) in [6, 6.07) is 9.86. The molecule has 1 saturated carbocycles. The van der Waals surface area contributed by atoms with Gasteiger partial charge in [-0.1, -0.05) is 30.3 Å². The van der Waals surface area contributed by atoms with Crippen LogP contribution >= 0.6 is 0 Å². The third kappa shape index (κ3) is 5.93. The van der Waals surface area contributed by atoms with Crippen LogP contribution in [0.1, 0.15) is 38.2 Å². The lowest BCUT2D eigenvalue weighted by Crippen LogP contribution is -2.36. The number of rotatable bonds is 8. The summed E-state index contributed by atoms with van der Waals surface area (Å²) >= 11 is 0. The van der Waals surface area contributed by atoms with Gasteiger partial charge in [0, 0.05) is 26.1 Å². The fraction of sp³-hybridized carbons (Fsp3) is 0.556. The lowest BCUT2D eigenvalue weighted by molar-refractivity contribution is -0.132. The van der Waals surface area contributed by atoms with Gasteiger partial charge in [-0.2, -0.15) is 0 Å². The maximum absolute atomic E-state index is 12.1. The molecule has 0 spiro atoms. The predicted octanol–water partition coefficient (Wildman–Crippen LogP) is 2.95. The highest BCUT2D eigenvalue weighted by molar-refractivity contribution is 5.76. The van der Waals surface area contributed by atoms with Crippen LogP contribution in [0.2, 0.25) is 0 Å². The molecule has 0 bridgehead atoms. The van der Waals surface area contributed by atoms with Gasteiger partial charge >= 0.3 is 6.09 Å². The molecule has 1 aromatic carbocycles. The Morgan fingerprint density at radius 1 is 1.30 bits per heavy atom. The Hall–Kier alpha value is -2.04. The second-order valence-electron chi connectivity index (χ2n) is 6.17. The fourth-order valence-corrected chi connectivity index (χ4v) is 2.50. The highest BCUT2D eigenvalue weighted by Gasteiger charge is 2.32. The molecule has 1 N–H and O–H groups in total. The summed E-state index contributed by atoms with van der Waals surface area (Å²) in [6.45, 7) is 2.81. The van der Waals surface area contributed by atoms with Crippen LogP contribution in [0.25, 0.3) is 0 Å². The van der Waals surface area contributed by atoms with Crippen LogP contribution in [0, 0.1) is 5.92 Å². The van der Waals surface area contributed by atoms with Crippen molar-refractivity contribution < 1.29 is 14.3 Å². The minimum atomic E-state index is -0.444. The molecule has 1 aliphatic rings. The first-order valence-electron chi connectivity index (χ1n) is 8.28. The molecule has 0 aliphatic heterocycles. The van der Waals surface area contributed by atoms with Crippen LogP contribution in [0.3, 0.4) is 0 Å². The van der Waals surface area contributed by atoms with Crippen molar-refractivity contribution in [1.82, 2.24) is 10.2 Å². The topological polar surface area (TPSA) is 58.6 Å². The van der Waals surface area contributed by atoms with Crippen molar-refractivity contribution >= 4 is 12.0 Å². The molecule has 126 valence electrons. The second-order valence-corrected chi connectivity index (χ2v) is 6.17. The summed E-state index contributed by atoms with van der Waals surface area (Å²) in [7, 11) is 1.87. The Morgan fingerprint density at radius 3 is 2.65 bits per heavy atom. The molecule has 1 atom stereocenters. The zero-order chi connectivity index (χ0) is 16.7. The third-order valence-electron chi connectivity index (χ3n) is 4.36. The summed E-state index contributed by atoms with van der Waals surface area (Å²) in [6.07, 6.45) is 3.09. The standard InChI is InChI=1S/C18H26N2O3/c1-14(16-10-11-16)20(2)17(21)9-6-12-19-18(22)23-13-15-7-4-3-5-8-15/h3-5,7-8,14,16H,6,9-13H2,1-2H3,(H,19,22). The lowest BCUT2D eigenvalue weighted by atomic mass is 10.1. The SMILES string of the molecule is CC(C1CC1)N(C)C(=O)CCCNC(=O)OCc1ccccc1. The monoisotopic (exact) mass is 318 g/mol. The van der Waals surface area contributed by atoms with Crippen molar-refractivity contribution in [3.8, 4) is 0 Å². The van der Waals surface area contributed by atoms with Gasteiger partial charge < -0.3 is 15.0 Å². The molecule has 0 saturated heterocycles. The third-order valence-corrected chi connectivity index (χ3v) is 4.36. The molecule has 23 heavy (non-hydrogen) atoms. The van der Waals surface area contributed by atoms with Gasteiger partial charge in [0.1, 0.15) is 6.61 Å². The molecule has 5 heteroatoms. The minimum Gasteiger partial charge on any atom is -0.445 e. The largest absolute Gasteiger partial charge is 0.445 e. The van der Waals surface area contributed by atoms with Crippen LogP contribution in [-0.2, 0) is 16.1 Å². The molecule has 5 nitrogen and oxygen atoms in total. The van der Waals surface area contributed by atoms with E-state index in [2.05, 4.69) is 12.2 Å². The van der Waals surface area contributed by atoms with E-state index in [1.807, 2.05) is 42.3 Å². The fourth-order valence-electron chi connectivity index (χ4n) is 2.50. The second kappa shape index (κ2) is 8.56. The number of benzene rings is 1. The van der Waals surface area contributed by atoms with E-state index in [0.717, 1.165) is 5.56 Å². The van der Waals surface area contributed by atoms with E-state index in [1.54, 1.807) is 0 Å². The zero-order valence-electron chi connectivity index (χ0n) is 14.0. The lowest BCUT2D eigenvalue weighted by Gasteiger charge is -2.24. The number of carbonyl (C=O) groups is 2. The van der Waals surface area contributed by atoms with Gasteiger partial charge in [0.2, 0.25) is 5.91 Å². The van der Waals surface area contributed by atoms with E-state index >= 15 is 0 Å². The van der Waals surface area contributed by atoms with Crippen molar-refractivity contribution in [3.05, 3.63) is 35.9 Å². The van der Waals surface area contributed by atoms with Crippen molar-refractivity contribution in [2.24, 2.45) is 5.92 Å². The number of hydrogen-bond donors (Lipinski definition) is 1. The highest BCUT2D eigenvalue weighted by atomic mass is 16.5. The summed E-state index contributed by atoms with van der Waals surface area (Å²) in [4.78, 5) is 25.5. The van der Waals surface area contributed by atoms with Crippen LogP contribution in [0.15, 0.2) is 30.3 Å². The smallest absolute Gasteiger partial charge is 0.407 e. The van der Waals surface area contributed by atoms with Gasteiger partial charge in [-0.05, 0) is 37.7 Å². The van der Waals surface area contributed by atoms with Gasteiger partial charge in [0.15, 0.2) is 0 Å². The first kappa shape index (κ1) is 17.3. The Kier molecular flexibility index (Phi) is 6.44. The number of amides is 2. The minimum absolute atomic E-state index is 0.142. The molecule has 0 radical (unpaired) electrons. The molecule has 1 fully saturated rings. The molecular formula is C18H26N2O3. The molecule has 1 aliphatic carbocycles. The molecule has 0 aromatic heterocycles. The number of hydrogen-bond acceptors (Lipinski definition) is 3. The normalized spacial score (nSPS) is 14.9. The van der Waals surface area contributed by atoms with E-state index in [4.69, 9.17) is 4.74 Å². The van der Waals surface area contributed by atoms with Crippen LogP contribution < -0.4 is 5.32 Å². The van der Waals surface area contributed by atoms with Crippen molar-refractivity contribution in [2.45, 2.75) is 45.3 Å². The van der Waals surface area contributed by atoms with E-state index in [0.29, 0.717) is 31.3 Å². The van der Waals surface area contributed by atoms with Crippen LogP contribution in [-0.4, -0.2) is 36.5 Å². The number of nitrogens with zero attached hydrogens (tertiary/aromatic N) is 1. The molecule has 2 amide bonds. The quantitative estimate of drug-likeness (QED) is 0.750. The molecule has 1 unspecified atom stereocenters. The van der Waals surface area contributed by atoms with E-state index in [-0.39, 0.29) is 12.5 Å². The summed E-state index contributed by atoms with van der Waals surface area (Å²) in [5, 5.41) is 2.68. The Labute approximate surface area is 138 Å². The zero-order valence-corrected chi connectivity index (χ0v) is 14.0. The van der Waals surface area contributed by atoms with Gasteiger partial charge in [0.25, 0.3) is 0 Å². The van der Waals surface area contributed by atoms with Gasteiger partial charge in [-0.25, -0.2) is 4.79 Å². The molecule has 1 aromatic rings. The number of nitrogens with one attached hydrogen (secondary N) is 1. The van der Waals surface area contributed by atoms with Crippen molar-refractivity contribution in [2.75, 3.05) is 13.6 Å². The van der Waals surface area contributed by atoms with Crippen LogP contribution in [0.5, 0.6) is 0 Å².